The third-order valence-corrected chi connectivity index (χ3v) is 12.7. The Bertz CT molecular complexity index is 179. The van der Waals surface area contributed by atoms with Crippen LogP contribution in [0.1, 0.15) is 0 Å². The highest BCUT2D eigenvalue weighted by molar-refractivity contribution is 6.98. The second kappa shape index (κ2) is 4.05. The van der Waals surface area contributed by atoms with E-state index in [0.717, 1.165) is 0 Å². The molecular formula is C9H24O3Si2. The van der Waals surface area contributed by atoms with Crippen LogP contribution in [0.15, 0.2) is 0 Å². The lowest BCUT2D eigenvalue weighted by Gasteiger charge is -2.50. The summed E-state index contributed by atoms with van der Waals surface area (Å²) < 4.78 is 0. The number of hydrogen-bond acceptors (Lipinski definition) is 3. The van der Waals surface area contributed by atoms with Crippen molar-refractivity contribution in [2.75, 3.05) is 6.61 Å². The second-order valence-electron chi connectivity index (χ2n) is 5.96. The number of aliphatic hydroxyl groups is 3. The maximum atomic E-state index is 10.7. The summed E-state index contributed by atoms with van der Waals surface area (Å²) in [5.74, 6) is 0. The molecule has 5 heteroatoms. The smallest absolute Gasteiger partial charge is 0.0997 e. The van der Waals surface area contributed by atoms with Crippen molar-refractivity contribution in [3.05, 3.63) is 0 Å². The summed E-state index contributed by atoms with van der Waals surface area (Å²) in [4.78, 5) is -1.03. The summed E-state index contributed by atoms with van der Waals surface area (Å²) in [7, 11) is -3.85. The van der Waals surface area contributed by atoms with Gasteiger partial charge in [-0.05, 0) is 0 Å². The fraction of sp³-hybridized carbons (Fsp3) is 1.00. The monoisotopic (exact) mass is 236 g/mol. The summed E-state index contributed by atoms with van der Waals surface area (Å²) >= 11 is 0. The van der Waals surface area contributed by atoms with Gasteiger partial charge in [-0.2, -0.15) is 0 Å². The molecule has 0 aromatic carbocycles. The third-order valence-electron chi connectivity index (χ3n) is 2.94. The second-order valence-corrected chi connectivity index (χ2v) is 17.0. The van der Waals surface area contributed by atoms with Crippen LogP contribution in [0.3, 0.4) is 0 Å². The Labute approximate surface area is 88.8 Å². The van der Waals surface area contributed by atoms with E-state index < -0.39 is 27.1 Å². The van der Waals surface area contributed by atoms with E-state index in [-0.39, 0.29) is 6.61 Å². The van der Waals surface area contributed by atoms with Gasteiger partial charge in [-0.15, -0.1) is 0 Å². The number of hydrogen-bond donors (Lipinski definition) is 3. The molecule has 1 atom stereocenters. The zero-order valence-electron chi connectivity index (χ0n) is 10.1. The molecule has 0 radical (unpaired) electrons. The van der Waals surface area contributed by atoms with Gasteiger partial charge in [-0.25, -0.2) is 0 Å². The molecule has 0 aliphatic rings. The molecule has 0 rings (SSSR count). The van der Waals surface area contributed by atoms with E-state index in [1.165, 1.54) is 0 Å². The predicted molar refractivity (Wildman–Crippen MR) is 64.7 cm³/mol. The molecular weight excluding hydrogens is 212 g/mol. The average molecular weight is 236 g/mol. The summed E-state index contributed by atoms with van der Waals surface area (Å²) in [6.45, 7) is 11.8. The standard InChI is InChI=1S/C9H24O3Si2/c1-13(2,3)9(12,8(11)7-10)14(4,5)6/h8,10-12H,7H2,1-6H3. The molecule has 0 fully saturated rings. The van der Waals surface area contributed by atoms with Gasteiger partial charge >= 0.3 is 0 Å². The van der Waals surface area contributed by atoms with E-state index in [9.17, 15) is 10.2 Å². The fourth-order valence-electron chi connectivity index (χ4n) is 2.26. The van der Waals surface area contributed by atoms with Crippen molar-refractivity contribution >= 4 is 16.1 Å². The van der Waals surface area contributed by atoms with Gasteiger partial charge in [0.2, 0.25) is 0 Å². The molecule has 0 aromatic heterocycles. The summed E-state index contributed by atoms with van der Waals surface area (Å²) in [5, 5.41) is 29.5. The van der Waals surface area contributed by atoms with Crippen LogP contribution >= 0.6 is 0 Å². The molecule has 0 bridgehead atoms. The highest BCUT2D eigenvalue weighted by atomic mass is 28.4. The van der Waals surface area contributed by atoms with Crippen LogP contribution in [0.4, 0.5) is 0 Å². The maximum Gasteiger partial charge on any atom is 0.0997 e. The van der Waals surface area contributed by atoms with Crippen molar-refractivity contribution < 1.29 is 15.3 Å². The van der Waals surface area contributed by atoms with Crippen molar-refractivity contribution in [1.82, 2.24) is 0 Å². The molecule has 0 aromatic rings. The van der Waals surface area contributed by atoms with E-state index in [0.29, 0.717) is 0 Å². The Morgan fingerprint density at radius 2 is 1.29 bits per heavy atom. The number of aliphatic hydroxyl groups excluding tert-OH is 2. The summed E-state index contributed by atoms with van der Waals surface area (Å²) in [5.41, 5.74) is 0. The van der Waals surface area contributed by atoms with Crippen LogP contribution in [-0.2, 0) is 0 Å². The van der Waals surface area contributed by atoms with E-state index in [4.69, 9.17) is 5.11 Å². The molecule has 0 spiro atoms. The van der Waals surface area contributed by atoms with Crippen molar-refractivity contribution in [2.45, 2.75) is 50.2 Å². The minimum Gasteiger partial charge on any atom is -0.394 e. The molecule has 0 aliphatic heterocycles. The lowest BCUT2D eigenvalue weighted by atomic mass is 10.4. The van der Waals surface area contributed by atoms with Crippen molar-refractivity contribution in [2.24, 2.45) is 0 Å². The van der Waals surface area contributed by atoms with Crippen LogP contribution in [-0.4, -0.2) is 49.0 Å². The Balaban J connectivity index is 5.29. The molecule has 0 heterocycles. The highest BCUT2D eigenvalue weighted by Gasteiger charge is 2.55. The molecule has 0 saturated carbocycles. The van der Waals surface area contributed by atoms with Gasteiger partial charge in [0.05, 0.1) is 33.7 Å². The minimum absolute atomic E-state index is 0.356. The van der Waals surface area contributed by atoms with Crippen LogP contribution in [0.2, 0.25) is 39.3 Å². The van der Waals surface area contributed by atoms with Gasteiger partial charge in [-0.1, -0.05) is 39.3 Å². The first-order chi connectivity index (χ1) is 5.98. The molecule has 0 saturated heterocycles. The molecule has 3 N–H and O–H groups in total. The van der Waals surface area contributed by atoms with Gasteiger partial charge in [0.1, 0.15) is 0 Å². The van der Waals surface area contributed by atoms with Gasteiger partial charge in [0.15, 0.2) is 0 Å². The first-order valence-corrected chi connectivity index (χ1v) is 12.0. The van der Waals surface area contributed by atoms with Crippen LogP contribution in [0.5, 0.6) is 0 Å². The van der Waals surface area contributed by atoms with E-state index >= 15 is 0 Å². The quantitative estimate of drug-likeness (QED) is 0.634. The molecule has 86 valence electrons. The molecule has 0 aliphatic carbocycles. The minimum atomic E-state index is -1.92. The van der Waals surface area contributed by atoms with Crippen molar-refractivity contribution in [1.29, 1.82) is 0 Å². The molecule has 1 unspecified atom stereocenters. The first-order valence-electron chi connectivity index (χ1n) is 4.99. The Morgan fingerprint density at radius 3 is 1.36 bits per heavy atom. The van der Waals surface area contributed by atoms with E-state index in [1.807, 2.05) is 39.3 Å². The Hall–Kier alpha value is 0.314. The topological polar surface area (TPSA) is 60.7 Å². The SMILES string of the molecule is C[Si](C)(C)C(O)(C(O)CO)[Si](C)(C)C. The summed E-state index contributed by atoms with van der Waals surface area (Å²) in [6.07, 6.45) is -0.999. The van der Waals surface area contributed by atoms with E-state index in [1.54, 1.807) is 0 Å². The lowest BCUT2D eigenvalue weighted by Crippen LogP contribution is -2.73. The van der Waals surface area contributed by atoms with Crippen LogP contribution in [0, 0.1) is 0 Å². The predicted octanol–water partition coefficient (Wildman–Crippen LogP) is 0.825. The Kier molecular flexibility index (Phi) is 4.15. The Morgan fingerprint density at radius 1 is 1.00 bits per heavy atom. The van der Waals surface area contributed by atoms with Crippen LogP contribution < -0.4 is 0 Å². The maximum absolute atomic E-state index is 10.7. The van der Waals surface area contributed by atoms with Gasteiger partial charge < -0.3 is 15.3 Å². The number of rotatable bonds is 4. The zero-order valence-corrected chi connectivity index (χ0v) is 12.1. The van der Waals surface area contributed by atoms with E-state index in [2.05, 4.69) is 0 Å². The van der Waals surface area contributed by atoms with Crippen molar-refractivity contribution in [3.63, 3.8) is 0 Å². The lowest BCUT2D eigenvalue weighted by molar-refractivity contribution is -0.00881. The highest BCUT2D eigenvalue weighted by Crippen LogP contribution is 2.33. The summed E-state index contributed by atoms with van der Waals surface area (Å²) in [6, 6.07) is 0. The largest absolute Gasteiger partial charge is 0.394 e. The van der Waals surface area contributed by atoms with Crippen LogP contribution in [0.25, 0.3) is 0 Å². The fourth-order valence-corrected chi connectivity index (χ4v) is 13.4. The van der Waals surface area contributed by atoms with Crippen molar-refractivity contribution in [3.8, 4) is 0 Å². The first kappa shape index (κ1) is 14.3. The van der Waals surface area contributed by atoms with Gasteiger partial charge in [0.25, 0.3) is 0 Å². The molecule has 14 heavy (non-hydrogen) atoms. The zero-order chi connectivity index (χ0) is 11.8. The average Bonchev–Trinajstić information content (AvgIpc) is 1.97. The molecule has 0 amide bonds. The van der Waals surface area contributed by atoms with Gasteiger partial charge in [0, 0.05) is 0 Å². The van der Waals surface area contributed by atoms with Gasteiger partial charge in [-0.3, -0.25) is 0 Å². The molecule has 3 nitrogen and oxygen atoms in total. The normalized spacial score (nSPS) is 16.9. The third kappa shape index (κ3) is 2.28.